The zero-order chi connectivity index (χ0) is 21.2. The normalized spacial score (nSPS) is 20.3. The Balaban J connectivity index is 1.45. The standard InChI is InChI=1S/C26H25NO4/c1-29-24-12-11-19-9-5-6-10-23(19)25(24)20-13-21-16-30-17-22(14-20)27(21)26(28)31-15-18-7-3-2-4-8-18/h2-13,21-22H,14-17H2,1H3. The molecular weight excluding hydrogens is 390 g/mol. The lowest BCUT2D eigenvalue weighted by molar-refractivity contribution is -0.0342. The fourth-order valence-electron chi connectivity index (χ4n) is 4.61. The van der Waals surface area contributed by atoms with E-state index in [0.29, 0.717) is 19.6 Å². The summed E-state index contributed by atoms with van der Waals surface area (Å²) in [5.74, 6) is 0.851. The lowest BCUT2D eigenvalue weighted by atomic mass is 9.87. The molecule has 158 valence electrons. The first-order chi connectivity index (χ1) is 15.2. The van der Waals surface area contributed by atoms with Gasteiger partial charge in [-0.05, 0) is 34.4 Å². The minimum absolute atomic E-state index is 0.0642. The Hall–Kier alpha value is -3.31. The van der Waals surface area contributed by atoms with E-state index in [0.717, 1.165) is 22.3 Å². The molecular formula is C26H25NO4. The van der Waals surface area contributed by atoms with Gasteiger partial charge < -0.3 is 14.2 Å². The molecule has 31 heavy (non-hydrogen) atoms. The topological polar surface area (TPSA) is 48.0 Å². The van der Waals surface area contributed by atoms with Crippen LogP contribution in [0.4, 0.5) is 4.79 Å². The maximum atomic E-state index is 13.0. The van der Waals surface area contributed by atoms with Crippen LogP contribution in [0.2, 0.25) is 0 Å². The Morgan fingerprint density at radius 3 is 2.65 bits per heavy atom. The van der Waals surface area contributed by atoms with Crippen LogP contribution in [0.1, 0.15) is 17.5 Å². The second-order valence-corrected chi connectivity index (χ2v) is 7.97. The lowest BCUT2D eigenvalue weighted by Gasteiger charge is -2.44. The van der Waals surface area contributed by atoms with E-state index >= 15 is 0 Å². The Morgan fingerprint density at radius 1 is 1.03 bits per heavy atom. The molecule has 3 aromatic rings. The third-order valence-electron chi connectivity index (χ3n) is 6.05. The predicted octanol–water partition coefficient (Wildman–Crippen LogP) is 5.04. The van der Waals surface area contributed by atoms with E-state index in [1.807, 2.05) is 53.4 Å². The van der Waals surface area contributed by atoms with Crippen molar-refractivity contribution in [3.05, 3.63) is 83.9 Å². The van der Waals surface area contributed by atoms with Gasteiger partial charge in [-0.25, -0.2) is 4.79 Å². The van der Waals surface area contributed by atoms with Gasteiger partial charge in [0, 0.05) is 5.56 Å². The molecule has 1 fully saturated rings. The smallest absolute Gasteiger partial charge is 0.411 e. The Morgan fingerprint density at radius 2 is 1.84 bits per heavy atom. The first kappa shape index (κ1) is 19.6. The molecule has 5 rings (SSSR count). The van der Waals surface area contributed by atoms with Crippen molar-refractivity contribution >= 4 is 22.4 Å². The Bertz CT molecular complexity index is 1120. The number of morpholine rings is 1. The molecule has 2 aliphatic heterocycles. The summed E-state index contributed by atoms with van der Waals surface area (Å²) in [6.45, 7) is 1.24. The van der Waals surface area contributed by atoms with Crippen molar-refractivity contribution in [3.63, 3.8) is 0 Å². The molecule has 0 saturated carbocycles. The van der Waals surface area contributed by atoms with Crippen molar-refractivity contribution in [1.82, 2.24) is 4.90 Å². The van der Waals surface area contributed by atoms with Crippen molar-refractivity contribution in [1.29, 1.82) is 0 Å². The molecule has 1 saturated heterocycles. The first-order valence-electron chi connectivity index (χ1n) is 10.6. The number of ether oxygens (including phenoxy) is 3. The minimum Gasteiger partial charge on any atom is -0.496 e. The molecule has 0 spiro atoms. The van der Waals surface area contributed by atoms with E-state index in [1.165, 1.54) is 11.0 Å². The Labute approximate surface area is 181 Å². The second kappa shape index (κ2) is 8.44. The van der Waals surface area contributed by atoms with Gasteiger partial charge in [0.2, 0.25) is 0 Å². The highest BCUT2D eigenvalue weighted by atomic mass is 16.6. The molecule has 2 heterocycles. The third kappa shape index (κ3) is 3.77. The molecule has 5 heteroatoms. The lowest BCUT2D eigenvalue weighted by Crippen LogP contribution is -2.56. The van der Waals surface area contributed by atoms with Crippen LogP contribution >= 0.6 is 0 Å². The molecule has 0 aromatic heterocycles. The highest BCUT2D eigenvalue weighted by Crippen LogP contribution is 2.40. The van der Waals surface area contributed by atoms with E-state index in [9.17, 15) is 4.79 Å². The third-order valence-corrected chi connectivity index (χ3v) is 6.05. The van der Waals surface area contributed by atoms with Gasteiger partial charge >= 0.3 is 6.09 Å². The predicted molar refractivity (Wildman–Crippen MR) is 120 cm³/mol. The highest BCUT2D eigenvalue weighted by molar-refractivity contribution is 5.97. The first-order valence-corrected chi connectivity index (χ1v) is 10.6. The molecule has 0 radical (unpaired) electrons. The van der Waals surface area contributed by atoms with Gasteiger partial charge in [0.05, 0.1) is 32.4 Å². The SMILES string of the molecule is COc1ccc2ccccc2c1C1=CC2COCC(C1)N2C(=O)OCc1ccccc1. The van der Waals surface area contributed by atoms with Gasteiger partial charge in [-0.15, -0.1) is 0 Å². The molecule has 2 aliphatic rings. The number of methoxy groups -OCH3 is 1. The summed E-state index contributed by atoms with van der Waals surface area (Å²) in [6, 6.07) is 22.0. The van der Waals surface area contributed by atoms with Crippen molar-refractivity contribution in [2.24, 2.45) is 0 Å². The molecule has 0 N–H and O–H groups in total. The van der Waals surface area contributed by atoms with Crippen LogP contribution in [-0.2, 0) is 16.1 Å². The monoisotopic (exact) mass is 415 g/mol. The number of carbonyl (C=O) groups excluding carboxylic acids is 1. The number of carbonyl (C=O) groups is 1. The molecule has 0 aliphatic carbocycles. The van der Waals surface area contributed by atoms with Gasteiger partial charge in [0.25, 0.3) is 0 Å². The molecule has 5 nitrogen and oxygen atoms in total. The van der Waals surface area contributed by atoms with Gasteiger partial charge in [-0.1, -0.05) is 66.7 Å². The van der Waals surface area contributed by atoms with Gasteiger partial charge in [0.15, 0.2) is 0 Å². The fourth-order valence-corrected chi connectivity index (χ4v) is 4.61. The second-order valence-electron chi connectivity index (χ2n) is 7.97. The van der Waals surface area contributed by atoms with Crippen molar-refractivity contribution < 1.29 is 19.0 Å². The van der Waals surface area contributed by atoms with Crippen molar-refractivity contribution in [2.45, 2.75) is 25.1 Å². The van der Waals surface area contributed by atoms with E-state index in [4.69, 9.17) is 14.2 Å². The highest BCUT2D eigenvalue weighted by Gasteiger charge is 2.39. The molecule has 3 aromatic carbocycles. The molecule has 2 bridgehead atoms. The van der Waals surface area contributed by atoms with E-state index in [-0.39, 0.29) is 24.8 Å². The summed E-state index contributed by atoms with van der Waals surface area (Å²) in [6.07, 6.45) is 2.55. The summed E-state index contributed by atoms with van der Waals surface area (Å²) in [7, 11) is 1.70. The summed E-state index contributed by atoms with van der Waals surface area (Å²) in [5, 5.41) is 2.33. The van der Waals surface area contributed by atoms with Crippen LogP contribution in [0, 0.1) is 0 Å². The Kier molecular flexibility index (Phi) is 5.35. The van der Waals surface area contributed by atoms with Gasteiger partial charge in [0.1, 0.15) is 12.4 Å². The van der Waals surface area contributed by atoms with Crippen molar-refractivity contribution in [2.75, 3.05) is 20.3 Å². The summed E-state index contributed by atoms with van der Waals surface area (Å²) in [4.78, 5) is 14.8. The number of hydrogen-bond donors (Lipinski definition) is 0. The summed E-state index contributed by atoms with van der Waals surface area (Å²) < 4.78 is 17.1. The molecule has 1 amide bonds. The molecule has 2 atom stereocenters. The van der Waals surface area contributed by atoms with Gasteiger partial charge in [-0.3, -0.25) is 4.90 Å². The van der Waals surface area contributed by atoms with Gasteiger partial charge in [-0.2, -0.15) is 0 Å². The molecule has 2 unspecified atom stereocenters. The fraction of sp³-hybridized carbons (Fsp3) is 0.269. The van der Waals surface area contributed by atoms with Crippen LogP contribution in [0.25, 0.3) is 16.3 Å². The summed E-state index contributed by atoms with van der Waals surface area (Å²) in [5.41, 5.74) is 3.28. The van der Waals surface area contributed by atoms with Crippen LogP contribution < -0.4 is 4.74 Å². The maximum absolute atomic E-state index is 13.0. The minimum atomic E-state index is -0.290. The zero-order valence-corrected chi connectivity index (χ0v) is 17.5. The average Bonchev–Trinajstić information content (AvgIpc) is 2.81. The van der Waals surface area contributed by atoms with Crippen LogP contribution in [0.5, 0.6) is 5.75 Å². The largest absolute Gasteiger partial charge is 0.496 e. The average molecular weight is 415 g/mol. The van der Waals surface area contributed by atoms with Crippen LogP contribution in [0.15, 0.2) is 72.8 Å². The number of fused-ring (bicyclic) bond motifs is 3. The number of rotatable bonds is 4. The summed E-state index contributed by atoms with van der Waals surface area (Å²) >= 11 is 0. The van der Waals surface area contributed by atoms with E-state index < -0.39 is 0 Å². The van der Waals surface area contributed by atoms with Crippen LogP contribution in [-0.4, -0.2) is 43.4 Å². The number of nitrogens with zero attached hydrogens (tertiary/aromatic N) is 1. The zero-order valence-electron chi connectivity index (χ0n) is 17.5. The van der Waals surface area contributed by atoms with Crippen molar-refractivity contribution in [3.8, 4) is 5.75 Å². The number of hydrogen-bond acceptors (Lipinski definition) is 4. The maximum Gasteiger partial charge on any atom is 0.411 e. The van der Waals surface area contributed by atoms with Crippen LogP contribution in [0.3, 0.4) is 0 Å². The van der Waals surface area contributed by atoms with E-state index in [1.54, 1.807) is 7.11 Å². The van der Waals surface area contributed by atoms with E-state index in [2.05, 4.69) is 24.3 Å². The number of benzene rings is 3. The quantitative estimate of drug-likeness (QED) is 0.599. The number of amides is 1.